The summed E-state index contributed by atoms with van der Waals surface area (Å²) in [6.45, 7) is 1.49. The van der Waals surface area contributed by atoms with Gasteiger partial charge in [-0.3, -0.25) is 9.59 Å². The molecule has 0 saturated carbocycles. The van der Waals surface area contributed by atoms with E-state index in [1.54, 1.807) is 4.90 Å². The van der Waals surface area contributed by atoms with Crippen LogP contribution in [-0.4, -0.2) is 35.9 Å². The van der Waals surface area contributed by atoms with Crippen LogP contribution < -0.4 is 5.32 Å². The van der Waals surface area contributed by atoms with Crippen molar-refractivity contribution in [3.05, 3.63) is 70.7 Å². The van der Waals surface area contributed by atoms with Gasteiger partial charge >= 0.3 is 0 Å². The first-order valence-electron chi connectivity index (χ1n) is 9.56. The van der Waals surface area contributed by atoms with E-state index in [-0.39, 0.29) is 18.4 Å². The predicted molar refractivity (Wildman–Crippen MR) is 109 cm³/mol. The van der Waals surface area contributed by atoms with Crippen molar-refractivity contribution in [3.8, 4) is 0 Å². The van der Waals surface area contributed by atoms with Gasteiger partial charge in [-0.1, -0.05) is 54.1 Å². The topological polar surface area (TPSA) is 58.6 Å². The highest BCUT2D eigenvalue weighted by atomic mass is 35.5. The molecule has 0 bridgehead atoms. The van der Waals surface area contributed by atoms with Crippen LogP contribution in [0, 0.1) is 0 Å². The number of hydrogen-bond acceptors (Lipinski definition) is 3. The molecule has 1 heterocycles. The van der Waals surface area contributed by atoms with Gasteiger partial charge in [-0.15, -0.1) is 0 Å². The minimum Gasteiger partial charge on any atom is -0.367 e. The summed E-state index contributed by atoms with van der Waals surface area (Å²) in [5.74, 6) is -0.312. The molecule has 0 aromatic heterocycles. The lowest BCUT2D eigenvalue weighted by Crippen LogP contribution is -2.48. The highest BCUT2D eigenvalue weighted by Gasteiger charge is 2.28. The van der Waals surface area contributed by atoms with Crippen molar-refractivity contribution in [3.63, 3.8) is 0 Å². The van der Waals surface area contributed by atoms with Crippen molar-refractivity contribution in [1.29, 1.82) is 0 Å². The van der Waals surface area contributed by atoms with E-state index < -0.39 is 6.04 Å². The molecule has 0 spiro atoms. The Bertz CT molecular complexity index is 797. The SMILES string of the molecule is O=C(COCc1ccccc1)NC1CCCCN(Cc2cccc(Cl)c2)C1=O. The molecule has 0 radical (unpaired) electrons. The van der Waals surface area contributed by atoms with Gasteiger partial charge in [0.05, 0.1) is 6.61 Å². The molecule has 2 aromatic rings. The number of nitrogens with one attached hydrogen (secondary N) is 1. The van der Waals surface area contributed by atoms with Crippen molar-refractivity contribution in [1.82, 2.24) is 10.2 Å². The molecule has 1 fully saturated rings. The molecule has 5 nitrogen and oxygen atoms in total. The van der Waals surface area contributed by atoms with Gasteiger partial charge in [0.1, 0.15) is 12.6 Å². The third-order valence-electron chi connectivity index (χ3n) is 4.72. The van der Waals surface area contributed by atoms with Gasteiger partial charge < -0.3 is 15.0 Å². The molecule has 28 heavy (non-hydrogen) atoms. The highest BCUT2D eigenvalue weighted by Crippen LogP contribution is 2.17. The number of amides is 2. The second-order valence-corrected chi connectivity index (χ2v) is 7.42. The number of nitrogens with zero attached hydrogens (tertiary/aromatic N) is 1. The normalized spacial score (nSPS) is 17.2. The summed E-state index contributed by atoms with van der Waals surface area (Å²) >= 11 is 6.05. The monoisotopic (exact) mass is 400 g/mol. The van der Waals surface area contributed by atoms with E-state index in [2.05, 4.69) is 5.32 Å². The van der Waals surface area contributed by atoms with Crippen LogP contribution >= 0.6 is 11.6 Å². The second kappa shape index (κ2) is 10.2. The molecule has 2 aromatic carbocycles. The van der Waals surface area contributed by atoms with Gasteiger partial charge in [0.2, 0.25) is 11.8 Å². The summed E-state index contributed by atoms with van der Waals surface area (Å²) in [5.41, 5.74) is 1.99. The smallest absolute Gasteiger partial charge is 0.246 e. The fraction of sp³-hybridized carbons (Fsp3) is 0.364. The summed E-state index contributed by atoms with van der Waals surface area (Å²) in [6.07, 6.45) is 2.46. The summed E-state index contributed by atoms with van der Waals surface area (Å²) in [5, 5.41) is 3.49. The molecule has 1 saturated heterocycles. The maximum Gasteiger partial charge on any atom is 0.246 e. The fourth-order valence-corrected chi connectivity index (χ4v) is 3.54. The Morgan fingerprint density at radius 1 is 1.11 bits per heavy atom. The quantitative estimate of drug-likeness (QED) is 0.773. The first kappa shape index (κ1) is 20.4. The van der Waals surface area contributed by atoms with Crippen LogP contribution in [0.2, 0.25) is 5.02 Å². The molecule has 1 N–H and O–H groups in total. The van der Waals surface area contributed by atoms with Gasteiger partial charge in [-0.2, -0.15) is 0 Å². The van der Waals surface area contributed by atoms with E-state index in [1.807, 2.05) is 54.6 Å². The lowest BCUT2D eigenvalue weighted by atomic mass is 10.1. The number of halogens is 1. The minimum atomic E-state index is -0.505. The number of carbonyl (C=O) groups is 2. The van der Waals surface area contributed by atoms with Crippen LogP contribution in [0.5, 0.6) is 0 Å². The number of benzene rings is 2. The molecule has 148 valence electrons. The molecule has 6 heteroatoms. The Kier molecular flexibility index (Phi) is 7.46. The first-order valence-corrected chi connectivity index (χ1v) is 9.94. The Morgan fingerprint density at radius 2 is 1.89 bits per heavy atom. The zero-order valence-corrected chi connectivity index (χ0v) is 16.5. The summed E-state index contributed by atoms with van der Waals surface area (Å²) in [7, 11) is 0. The number of rotatable bonds is 7. The lowest BCUT2D eigenvalue weighted by molar-refractivity contribution is -0.137. The summed E-state index contributed by atoms with van der Waals surface area (Å²) in [6, 6.07) is 16.7. The Hall–Kier alpha value is -2.37. The molecule has 1 atom stereocenters. The van der Waals surface area contributed by atoms with E-state index in [0.29, 0.717) is 31.1 Å². The Labute approximate surface area is 170 Å². The number of hydrogen-bond donors (Lipinski definition) is 1. The third-order valence-corrected chi connectivity index (χ3v) is 4.96. The van der Waals surface area contributed by atoms with Crippen molar-refractivity contribution in [2.45, 2.75) is 38.5 Å². The van der Waals surface area contributed by atoms with Crippen LogP contribution in [0.25, 0.3) is 0 Å². The van der Waals surface area contributed by atoms with Crippen molar-refractivity contribution < 1.29 is 14.3 Å². The third kappa shape index (κ3) is 6.08. The van der Waals surface area contributed by atoms with Crippen LogP contribution in [-0.2, 0) is 27.5 Å². The molecule has 1 aliphatic rings. The summed E-state index contributed by atoms with van der Waals surface area (Å²) < 4.78 is 5.47. The molecular formula is C22H25ClN2O3. The first-order chi connectivity index (χ1) is 13.6. The molecular weight excluding hydrogens is 376 g/mol. The second-order valence-electron chi connectivity index (χ2n) is 6.98. The zero-order chi connectivity index (χ0) is 19.8. The van der Waals surface area contributed by atoms with Gasteiger partial charge in [-0.05, 0) is 42.5 Å². The van der Waals surface area contributed by atoms with Crippen LogP contribution in [0.3, 0.4) is 0 Å². The van der Waals surface area contributed by atoms with E-state index in [0.717, 1.165) is 24.0 Å². The average Bonchev–Trinajstić information content (AvgIpc) is 2.85. The molecule has 1 aliphatic heterocycles. The average molecular weight is 401 g/mol. The largest absolute Gasteiger partial charge is 0.367 e. The Morgan fingerprint density at radius 3 is 2.68 bits per heavy atom. The van der Waals surface area contributed by atoms with E-state index in [9.17, 15) is 9.59 Å². The number of likely N-dealkylation sites (tertiary alicyclic amines) is 1. The zero-order valence-electron chi connectivity index (χ0n) is 15.8. The van der Waals surface area contributed by atoms with E-state index in [1.165, 1.54) is 0 Å². The maximum atomic E-state index is 12.9. The number of carbonyl (C=O) groups excluding carboxylic acids is 2. The molecule has 3 rings (SSSR count). The standard InChI is InChI=1S/C22H25ClN2O3/c23-19-10-6-9-18(13-19)14-25-12-5-4-11-20(22(25)27)24-21(26)16-28-15-17-7-2-1-3-8-17/h1-3,6-10,13,20H,4-5,11-12,14-16H2,(H,24,26). The van der Waals surface area contributed by atoms with Crippen molar-refractivity contribution in [2.75, 3.05) is 13.2 Å². The molecule has 2 amide bonds. The van der Waals surface area contributed by atoms with E-state index in [4.69, 9.17) is 16.3 Å². The van der Waals surface area contributed by atoms with Crippen LogP contribution in [0.1, 0.15) is 30.4 Å². The lowest BCUT2D eigenvalue weighted by Gasteiger charge is -2.25. The minimum absolute atomic E-state index is 0.0473. The maximum absolute atomic E-state index is 12.9. The predicted octanol–water partition coefficient (Wildman–Crippen LogP) is 3.55. The fourth-order valence-electron chi connectivity index (χ4n) is 3.32. The molecule has 1 unspecified atom stereocenters. The highest BCUT2D eigenvalue weighted by molar-refractivity contribution is 6.30. The molecule has 0 aliphatic carbocycles. The van der Waals surface area contributed by atoms with Crippen molar-refractivity contribution in [2.24, 2.45) is 0 Å². The van der Waals surface area contributed by atoms with Crippen molar-refractivity contribution >= 4 is 23.4 Å². The van der Waals surface area contributed by atoms with Gasteiger partial charge in [0, 0.05) is 18.1 Å². The van der Waals surface area contributed by atoms with E-state index >= 15 is 0 Å². The van der Waals surface area contributed by atoms with Gasteiger partial charge in [0.15, 0.2) is 0 Å². The number of ether oxygens (including phenoxy) is 1. The van der Waals surface area contributed by atoms with Crippen LogP contribution in [0.4, 0.5) is 0 Å². The summed E-state index contributed by atoms with van der Waals surface area (Å²) in [4.78, 5) is 26.9. The van der Waals surface area contributed by atoms with Gasteiger partial charge in [0.25, 0.3) is 0 Å². The van der Waals surface area contributed by atoms with Crippen LogP contribution in [0.15, 0.2) is 54.6 Å². The Balaban J connectivity index is 1.52. The van der Waals surface area contributed by atoms with Gasteiger partial charge in [-0.25, -0.2) is 0 Å².